The fraction of sp³-hybridized carbons (Fsp3) is 0.0714. The van der Waals surface area contributed by atoms with Gasteiger partial charge in [0, 0.05) is 16.2 Å². The third-order valence-corrected chi connectivity index (χ3v) is 3.42. The molecule has 1 aromatic carbocycles. The second kappa shape index (κ2) is 4.75. The first kappa shape index (κ1) is 12.3. The van der Waals surface area contributed by atoms with E-state index in [2.05, 4.69) is 20.9 Å². The van der Waals surface area contributed by atoms with Crippen molar-refractivity contribution in [1.82, 2.24) is 9.38 Å². The Balaban J connectivity index is 2.25. The summed E-state index contributed by atoms with van der Waals surface area (Å²) in [5.74, 6) is -0.291. The Bertz CT molecular complexity index is 737. The summed E-state index contributed by atoms with van der Waals surface area (Å²) < 4.78 is 15.7. The van der Waals surface area contributed by atoms with E-state index in [1.165, 1.54) is 12.1 Å². The van der Waals surface area contributed by atoms with Crippen LogP contribution in [0.5, 0.6) is 0 Å². The molecule has 0 bridgehead atoms. The number of rotatable bonds is 2. The first-order valence-corrected chi connectivity index (χ1v) is 6.51. The molecule has 0 spiro atoms. The molecule has 2 aromatic heterocycles. The summed E-state index contributed by atoms with van der Waals surface area (Å²) in [6, 6.07) is 9.83. The number of imidazole rings is 1. The number of aliphatic hydroxyl groups excluding tert-OH is 1. The maximum absolute atomic E-state index is 13.0. The topological polar surface area (TPSA) is 37.5 Å². The molecule has 1 N–H and O–H groups in total. The lowest BCUT2D eigenvalue weighted by atomic mass is 10.1. The molecule has 3 nitrogen and oxygen atoms in total. The Morgan fingerprint density at radius 3 is 2.58 bits per heavy atom. The van der Waals surface area contributed by atoms with Gasteiger partial charge in [-0.1, -0.05) is 0 Å². The van der Waals surface area contributed by atoms with Crippen molar-refractivity contribution in [3.8, 4) is 11.3 Å². The average molecular weight is 321 g/mol. The first-order valence-electron chi connectivity index (χ1n) is 5.72. The van der Waals surface area contributed by atoms with E-state index in [0.717, 1.165) is 15.7 Å². The van der Waals surface area contributed by atoms with Crippen LogP contribution in [0.25, 0.3) is 16.9 Å². The highest BCUT2D eigenvalue weighted by Gasteiger charge is 2.13. The number of nitrogens with zero attached hydrogens (tertiary/aromatic N) is 2. The normalized spacial score (nSPS) is 11.1. The van der Waals surface area contributed by atoms with Crippen LogP contribution in [0.2, 0.25) is 0 Å². The van der Waals surface area contributed by atoms with Crippen molar-refractivity contribution in [1.29, 1.82) is 0 Å². The zero-order valence-corrected chi connectivity index (χ0v) is 11.4. The molecule has 0 aliphatic heterocycles. The predicted molar refractivity (Wildman–Crippen MR) is 74.2 cm³/mol. The molecule has 0 atom stereocenters. The SMILES string of the molecule is OCc1c(-c2ccc(F)cc2)nc2ccc(Br)cn12. The van der Waals surface area contributed by atoms with E-state index in [-0.39, 0.29) is 12.4 Å². The summed E-state index contributed by atoms with van der Waals surface area (Å²) in [6.07, 6.45) is 1.85. The van der Waals surface area contributed by atoms with Gasteiger partial charge < -0.3 is 5.11 Å². The van der Waals surface area contributed by atoms with Crippen molar-refractivity contribution in [2.24, 2.45) is 0 Å². The number of aromatic nitrogens is 2. The van der Waals surface area contributed by atoms with Gasteiger partial charge in [-0.15, -0.1) is 0 Å². The molecule has 0 aliphatic rings. The minimum absolute atomic E-state index is 0.135. The third-order valence-electron chi connectivity index (χ3n) is 2.95. The van der Waals surface area contributed by atoms with Crippen LogP contribution in [-0.4, -0.2) is 14.5 Å². The molecule has 3 rings (SSSR count). The molecule has 0 radical (unpaired) electrons. The van der Waals surface area contributed by atoms with Gasteiger partial charge in [0.25, 0.3) is 0 Å². The van der Waals surface area contributed by atoms with Crippen LogP contribution in [0.15, 0.2) is 47.1 Å². The van der Waals surface area contributed by atoms with E-state index >= 15 is 0 Å². The van der Waals surface area contributed by atoms with Gasteiger partial charge in [0.05, 0.1) is 18.0 Å². The molecule has 0 saturated heterocycles. The maximum atomic E-state index is 13.0. The van der Waals surface area contributed by atoms with Gasteiger partial charge in [-0.2, -0.15) is 0 Å². The van der Waals surface area contributed by atoms with Crippen molar-refractivity contribution in [2.75, 3.05) is 0 Å². The fourth-order valence-electron chi connectivity index (χ4n) is 2.06. The number of halogens is 2. The van der Waals surface area contributed by atoms with Crippen LogP contribution < -0.4 is 0 Å². The Morgan fingerprint density at radius 2 is 1.89 bits per heavy atom. The number of aliphatic hydroxyl groups is 1. The third kappa shape index (κ3) is 2.15. The number of hydrogen-bond acceptors (Lipinski definition) is 2. The molecule has 0 aliphatic carbocycles. The summed E-state index contributed by atoms with van der Waals surface area (Å²) in [5.41, 5.74) is 2.88. The van der Waals surface area contributed by atoms with Gasteiger partial charge >= 0.3 is 0 Å². The largest absolute Gasteiger partial charge is 0.390 e. The van der Waals surface area contributed by atoms with E-state index in [1.54, 1.807) is 12.1 Å². The number of hydrogen-bond donors (Lipinski definition) is 1. The minimum atomic E-state index is -0.291. The van der Waals surface area contributed by atoms with Crippen LogP contribution >= 0.6 is 15.9 Å². The van der Waals surface area contributed by atoms with Gasteiger partial charge in [-0.25, -0.2) is 9.37 Å². The highest BCUT2D eigenvalue weighted by atomic mass is 79.9. The summed E-state index contributed by atoms with van der Waals surface area (Å²) in [6.45, 7) is -0.135. The molecule has 0 fully saturated rings. The molecule has 5 heteroatoms. The molecule has 3 aromatic rings. The number of fused-ring (bicyclic) bond motifs is 1. The second-order valence-electron chi connectivity index (χ2n) is 4.15. The average Bonchev–Trinajstić information content (AvgIpc) is 2.77. The van der Waals surface area contributed by atoms with Gasteiger partial charge in [0.15, 0.2) is 0 Å². The standard InChI is InChI=1S/C14H10BrFN2O/c15-10-3-6-13-17-14(12(8-19)18(13)7-10)9-1-4-11(16)5-2-9/h1-7,19H,8H2. The van der Waals surface area contributed by atoms with Gasteiger partial charge in [-0.3, -0.25) is 4.40 Å². The van der Waals surface area contributed by atoms with E-state index in [0.29, 0.717) is 11.4 Å². The quantitative estimate of drug-likeness (QED) is 0.785. The highest BCUT2D eigenvalue weighted by Crippen LogP contribution is 2.26. The van der Waals surface area contributed by atoms with E-state index in [9.17, 15) is 9.50 Å². The Kier molecular flexibility index (Phi) is 3.08. The van der Waals surface area contributed by atoms with Crippen molar-refractivity contribution in [2.45, 2.75) is 6.61 Å². The molecule has 2 heterocycles. The molecule has 19 heavy (non-hydrogen) atoms. The Hall–Kier alpha value is -1.72. The van der Waals surface area contributed by atoms with Crippen LogP contribution in [0.3, 0.4) is 0 Å². The Morgan fingerprint density at radius 1 is 1.16 bits per heavy atom. The van der Waals surface area contributed by atoms with Crippen molar-refractivity contribution < 1.29 is 9.50 Å². The van der Waals surface area contributed by atoms with E-state index in [4.69, 9.17) is 0 Å². The molecular formula is C14H10BrFN2O. The van der Waals surface area contributed by atoms with Crippen LogP contribution in [0.1, 0.15) is 5.69 Å². The van der Waals surface area contributed by atoms with Crippen molar-refractivity contribution in [3.05, 3.63) is 58.6 Å². The van der Waals surface area contributed by atoms with Crippen LogP contribution in [-0.2, 0) is 6.61 Å². The fourth-order valence-corrected chi connectivity index (χ4v) is 2.39. The van der Waals surface area contributed by atoms with Crippen LogP contribution in [0.4, 0.5) is 4.39 Å². The van der Waals surface area contributed by atoms with Gasteiger partial charge in [0.1, 0.15) is 11.5 Å². The number of pyridine rings is 1. The lowest BCUT2D eigenvalue weighted by Gasteiger charge is -2.02. The van der Waals surface area contributed by atoms with E-state index < -0.39 is 0 Å². The Labute approximate surface area is 117 Å². The van der Waals surface area contributed by atoms with Gasteiger partial charge in [0.2, 0.25) is 0 Å². The zero-order chi connectivity index (χ0) is 13.4. The molecule has 0 amide bonds. The molecular weight excluding hydrogens is 311 g/mol. The predicted octanol–water partition coefficient (Wildman–Crippen LogP) is 3.40. The monoisotopic (exact) mass is 320 g/mol. The lowest BCUT2D eigenvalue weighted by molar-refractivity contribution is 0.276. The molecule has 96 valence electrons. The molecule has 0 unspecified atom stereocenters. The maximum Gasteiger partial charge on any atom is 0.137 e. The first-order chi connectivity index (χ1) is 9.19. The zero-order valence-electron chi connectivity index (χ0n) is 9.85. The summed E-state index contributed by atoms with van der Waals surface area (Å²) in [4.78, 5) is 4.48. The summed E-state index contributed by atoms with van der Waals surface area (Å²) in [5, 5.41) is 9.56. The van der Waals surface area contributed by atoms with Crippen molar-refractivity contribution >= 4 is 21.6 Å². The van der Waals surface area contributed by atoms with Gasteiger partial charge in [-0.05, 0) is 52.3 Å². The molecule has 0 saturated carbocycles. The second-order valence-corrected chi connectivity index (χ2v) is 5.06. The highest BCUT2D eigenvalue weighted by molar-refractivity contribution is 9.10. The van der Waals surface area contributed by atoms with Crippen LogP contribution in [0, 0.1) is 5.82 Å². The minimum Gasteiger partial charge on any atom is -0.390 e. The summed E-state index contributed by atoms with van der Waals surface area (Å²) >= 11 is 3.39. The number of benzene rings is 1. The van der Waals surface area contributed by atoms with E-state index in [1.807, 2.05) is 22.7 Å². The van der Waals surface area contributed by atoms with Crippen molar-refractivity contribution in [3.63, 3.8) is 0 Å². The lowest BCUT2D eigenvalue weighted by Crippen LogP contribution is -1.94. The smallest absolute Gasteiger partial charge is 0.137 e. The summed E-state index contributed by atoms with van der Waals surface area (Å²) in [7, 11) is 0.